The SMILES string of the molecule is BO[C@H]1CC[C@@]2(C)C(=C[C@@H](c3ccc(C)o3)[C@]3(B)C2CCC2(C)[C@]4(CCC(=O)O4)CC[C@]23B)C1. The Bertz CT molecular complexity index is 1070. The lowest BCUT2D eigenvalue weighted by Crippen LogP contribution is -2.61. The minimum Gasteiger partial charge on any atom is -0.466 e. The van der Waals surface area contributed by atoms with E-state index >= 15 is 0 Å². The van der Waals surface area contributed by atoms with E-state index in [-0.39, 0.29) is 38.9 Å². The van der Waals surface area contributed by atoms with Gasteiger partial charge < -0.3 is 13.8 Å². The van der Waals surface area contributed by atoms with Crippen LogP contribution in [0.15, 0.2) is 28.2 Å². The molecule has 1 aliphatic heterocycles. The van der Waals surface area contributed by atoms with E-state index in [1.165, 1.54) is 12.8 Å². The van der Waals surface area contributed by atoms with Crippen LogP contribution in [0.4, 0.5) is 0 Å². The number of furan rings is 1. The number of esters is 1. The van der Waals surface area contributed by atoms with Crippen molar-refractivity contribution in [2.45, 2.75) is 107 Å². The molecule has 1 saturated heterocycles. The lowest BCUT2D eigenvalue weighted by molar-refractivity contribution is -0.165. The number of hydrogen-bond donors (Lipinski definition) is 0. The van der Waals surface area contributed by atoms with Crippen LogP contribution >= 0.6 is 0 Å². The first-order valence-corrected chi connectivity index (χ1v) is 13.6. The Morgan fingerprint density at radius 2 is 1.85 bits per heavy atom. The molecule has 4 fully saturated rings. The van der Waals surface area contributed by atoms with Gasteiger partial charge in [-0.25, -0.2) is 0 Å². The summed E-state index contributed by atoms with van der Waals surface area (Å²) in [6.45, 7) is 7.07. The standard InChI is InChI=1S/C27H39B3O4/c1-16-4-5-20(32-16)19-15-17-14-18(34-30)6-9-23(17,2)21-7-10-24(3)25(11-8-22(31)33-25)12-13-26(24,28)27(19,21)29/h4-5,15,18-19,21H,6-14,28-30H2,1-3H3/t18-,19-,21?,23-,24?,25-,26-,27-/m0/s1. The second-order valence-electron chi connectivity index (χ2n) is 13.1. The minimum absolute atomic E-state index is 0.00615. The van der Waals surface area contributed by atoms with Crippen LogP contribution in [-0.4, -0.2) is 41.4 Å². The van der Waals surface area contributed by atoms with Crippen LogP contribution in [-0.2, 0) is 14.2 Å². The van der Waals surface area contributed by atoms with Crippen molar-refractivity contribution in [1.29, 1.82) is 0 Å². The number of ether oxygens (including phenoxy) is 1. The van der Waals surface area contributed by atoms with Crippen molar-refractivity contribution in [1.82, 2.24) is 0 Å². The Kier molecular flexibility index (Phi) is 4.82. The van der Waals surface area contributed by atoms with Crippen LogP contribution < -0.4 is 0 Å². The van der Waals surface area contributed by atoms with Crippen molar-refractivity contribution >= 4 is 29.7 Å². The maximum atomic E-state index is 12.4. The van der Waals surface area contributed by atoms with Crippen LogP contribution in [0.5, 0.6) is 0 Å². The minimum atomic E-state index is -0.297. The molecule has 0 bridgehead atoms. The monoisotopic (exact) mass is 460 g/mol. The van der Waals surface area contributed by atoms with Crippen LogP contribution in [0.1, 0.15) is 89.1 Å². The maximum absolute atomic E-state index is 12.4. The summed E-state index contributed by atoms with van der Waals surface area (Å²) < 4.78 is 18.5. The van der Waals surface area contributed by atoms with E-state index in [2.05, 4.69) is 54.7 Å². The number of rotatable bonds is 2. The van der Waals surface area contributed by atoms with Crippen LogP contribution in [0.25, 0.3) is 0 Å². The van der Waals surface area contributed by atoms with Crippen molar-refractivity contribution in [2.24, 2.45) is 16.7 Å². The number of allylic oxidation sites excluding steroid dienone is 1. The highest BCUT2D eigenvalue weighted by Gasteiger charge is 2.76. The molecule has 1 aromatic heterocycles. The Hall–Kier alpha value is -1.36. The molecule has 34 heavy (non-hydrogen) atoms. The lowest BCUT2D eigenvalue weighted by Gasteiger charge is -2.70. The molecule has 5 aliphatic rings. The zero-order chi connectivity index (χ0) is 24.1. The quantitative estimate of drug-likeness (QED) is 0.385. The molecule has 8 atom stereocenters. The Labute approximate surface area is 207 Å². The van der Waals surface area contributed by atoms with E-state index in [0.717, 1.165) is 50.0 Å². The highest BCUT2D eigenvalue weighted by atomic mass is 16.6. The third-order valence-electron chi connectivity index (χ3n) is 12.5. The summed E-state index contributed by atoms with van der Waals surface area (Å²) in [5, 5.41) is 0.0585. The summed E-state index contributed by atoms with van der Waals surface area (Å²) in [6, 6.07) is 4.34. The lowest BCUT2D eigenvalue weighted by atomic mass is 9.24. The van der Waals surface area contributed by atoms with Crippen molar-refractivity contribution in [3.05, 3.63) is 35.3 Å². The summed E-state index contributed by atoms with van der Waals surface area (Å²) in [6.07, 6.45) is 12.2. The third-order valence-corrected chi connectivity index (χ3v) is 12.5. The van der Waals surface area contributed by atoms with E-state index in [1.807, 2.05) is 8.05 Å². The smallest absolute Gasteiger partial charge is 0.306 e. The fourth-order valence-corrected chi connectivity index (χ4v) is 10.2. The summed E-state index contributed by atoms with van der Waals surface area (Å²) in [7, 11) is 6.99. The summed E-state index contributed by atoms with van der Waals surface area (Å²) in [5.41, 5.74) is 1.45. The van der Waals surface area contributed by atoms with Crippen LogP contribution in [0, 0.1) is 23.7 Å². The molecule has 0 aromatic carbocycles. The van der Waals surface area contributed by atoms with Gasteiger partial charge in [0.1, 0.15) is 32.8 Å². The van der Waals surface area contributed by atoms with Gasteiger partial charge in [0, 0.05) is 23.9 Å². The van der Waals surface area contributed by atoms with E-state index in [4.69, 9.17) is 13.8 Å². The van der Waals surface area contributed by atoms with Crippen LogP contribution in [0.3, 0.4) is 0 Å². The number of hydrogen-bond acceptors (Lipinski definition) is 4. The molecule has 4 nitrogen and oxygen atoms in total. The molecule has 1 spiro atoms. The molecule has 6 rings (SSSR count). The second kappa shape index (κ2) is 7.11. The second-order valence-corrected chi connectivity index (χ2v) is 13.1. The number of fused-ring (bicyclic) bond motifs is 6. The highest BCUT2D eigenvalue weighted by molar-refractivity contribution is 6.28. The Balaban J connectivity index is 1.55. The Morgan fingerprint density at radius 1 is 1.06 bits per heavy atom. The van der Waals surface area contributed by atoms with Crippen molar-refractivity contribution in [3.63, 3.8) is 0 Å². The summed E-state index contributed by atoms with van der Waals surface area (Å²) in [5.74, 6) is 2.89. The molecule has 1 aromatic rings. The van der Waals surface area contributed by atoms with Gasteiger partial charge in [-0.2, -0.15) is 0 Å². The molecular formula is C27H39B3O4. The van der Waals surface area contributed by atoms with Gasteiger partial charge in [0.15, 0.2) is 0 Å². The topological polar surface area (TPSA) is 48.7 Å². The first kappa shape index (κ1) is 23.1. The van der Waals surface area contributed by atoms with E-state index in [9.17, 15) is 4.79 Å². The first-order chi connectivity index (χ1) is 16.0. The zero-order valence-electron chi connectivity index (χ0n) is 22.0. The van der Waals surface area contributed by atoms with Gasteiger partial charge in [0.2, 0.25) is 0 Å². The van der Waals surface area contributed by atoms with Gasteiger partial charge in [0.25, 0.3) is 8.05 Å². The molecule has 0 N–H and O–H groups in total. The van der Waals surface area contributed by atoms with Crippen molar-refractivity contribution in [3.8, 4) is 0 Å². The fourth-order valence-electron chi connectivity index (χ4n) is 10.2. The van der Waals surface area contributed by atoms with Gasteiger partial charge >= 0.3 is 5.97 Å². The van der Waals surface area contributed by atoms with E-state index in [0.29, 0.717) is 18.4 Å². The highest BCUT2D eigenvalue weighted by Crippen LogP contribution is 2.85. The molecule has 4 aliphatic carbocycles. The third kappa shape index (κ3) is 2.56. The zero-order valence-corrected chi connectivity index (χ0v) is 22.0. The van der Waals surface area contributed by atoms with Crippen molar-refractivity contribution in [2.75, 3.05) is 0 Å². The molecule has 2 heterocycles. The fraction of sp³-hybridized carbons (Fsp3) is 0.741. The van der Waals surface area contributed by atoms with Gasteiger partial charge in [-0.05, 0) is 86.0 Å². The van der Waals surface area contributed by atoms with E-state index in [1.54, 1.807) is 5.57 Å². The number of carbonyl (C=O) groups is 1. The largest absolute Gasteiger partial charge is 0.466 e. The maximum Gasteiger partial charge on any atom is 0.306 e. The van der Waals surface area contributed by atoms with E-state index < -0.39 is 0 Å². The first-order valence-electron chi connectivity index (χ1n) is 13.6. The van der Waals surface area contributed by atoms with Crippen molar-refractivity contribution < 1.29 is 18.6 Å². The predicted molar refractivity (Wildman–Crippen MR) is 140 cm³/mol. The van der Waals surface area contributed by atoms with Gasteiger partial charge in [0.05, 0.1) is 0 Å². The van der Waals surface area contributed by atoms with Gasteiger partial charge in [-0.15, -0.1) is 0 Å². The average Bonchev–Trinajstić information content (AvgIpc) is 3.46. The number of carbonyl (C=O) groups excluding carboxylic acids is 1. The number of aryl methyl sites for hydroxylation is 1. The summed E-state index contributed by atoms with van der Waals surface area (Å²) >= 11 is 0. The van der Waals surface area contributed by atoms with Gasteiger partial charge in [-0.1, -0.05) is 31.9 Å². The van der Waals surface area contributed by atoms with Crippen LogP contribution in [0.2, 0.25) is 10.6 Å². The molecule has 7 heteroatoms. The molecule has 0 radical (unpaired) electrons. The summed E-state index contributed by atoms with van der Waals surface area (Å²) in [4.78, 5) is 12.4. The normalized spacial score (nSPS) is 49.8. The molecule has 180 valence electrons. The molecular weight excluding hydrogens is 421 g/mol. The molecule has 2 unspecified atom stereocenters. The Morgan fingerprint density at radius 3 is 2.50 bits per heavy atom. The van der Waals surface area contributed by atoms with Gasteiger partial charge in [-0.3, -0.25) is 4.79 Å². The molecule has 3 saturated carbocycles. The predicted octanol–water partition coefficient (Wildman–Crippen LogP) is 3.60. The molecule has 0 amide bonds. The average molecular weight is 460 g/mol.